The zero-order valence-corrected chi connectivity index (χ0v) is 15.2. The largest absolute Gasteiger partial charge is 0.350 e. The number of aromatic amines is 1. The highest BCUT2D eigenvalue weighted by Crippen LogP contribution is 2.33. The maximum atomic E-state index is 13.8. The highest BCUT2D eigenvalue weighted by atomic mass is 19.1. The van der Waals surface area contributed by atoms with Crippen LogP contribution in [0.4, 0.5) is 10.1 Å². The predicted octanol–water partition coefficient (Wildman–Crippen LogP) is 4.81. The third kappa shape index (κ3) is 3.70. The fraction of sp³-hybridized carbons (Fsp3) is 0.0455. The van der Waals surface area contributed by atoms with Crippen LogP contribution in [0.1, 0.15) is 16.1 Å². The molecule has 0 unspecified atom stereocenters. The zero-order valence-electron chi connectivity index (χ0n) is 15.2. The second-order valence-electron chi connectivity index (χ2n) is 6.54. The van der Waals surface area contributed by atoms with Gasteiger partial charge in [0.05, 0.1) is 4.92 Å². The third-order valence-electron chi connectivity index (χ3n) is 4.65. The lowest BCUT2D eigenvalue weighted by atomic mass is 10.0. The molecule has 0 fully saturated rings. The summed E-state index contributed by atoms with van der Waals surface area (Å²) in [5, 5.41) is 14.2. The number of rotatable bonds is 5. The Morgan fingerprint density at radius 1 is 1.03 bits per heavy atom. The molecule has 6 nitrogen and oxygen atoms in total. The molecule has 0 saturated heterocycles. The number of non-ortho nitro benzene ring substituents is 1. The van der Waals surface area contributed by atoms with Gasteiger partial charge in [-0.1, -0.05) is 42.5 Å². The van der Waals surface area contributed by atoms with E-state index in [0.29, 0.717) is 22.2 Å². The van der Waals surface area contributed by atoms with Crippen LogP contribution in [-0.2, 0) is 6.54 Å². The number of hydrogen-bond acceptors (Lipinski definition) is 3. The van der Waals surface area contributed by atoms with E-state index in [-0.39, 0.29) is 24.0 Å². The summed E-state index contributed by atoms with van der Waals surface area (Å²) in [6.07, 6.45) is 0. The summed E-state index contributed by atoms with van der Waals surface area (Å²) in [4.78, 5) is 26.3. The molecule has 1 amide bonds. The van der Waals surface area contributed by atoms with E-state index in [1.54, 1.807) is 18.2 Å². The van der Waals surface area contributed by atoms with Gasteiger partial charge in [0, 0.05) is 35.1 Å². The maximum Gasteiger partial charge on any atom is 0.269 e. The number of fused-ring (bicyclic) bond motifs is 1. The minimum atomic E-state index is -0.474. The van der Waals surface area contributed by atoms with Crippen molar-refractivity contribution in [3.8, 4) is 11.1 Å². The lowest BCUT2D eigenvalue weighted by Gasteiger charge is -2.07. The number of nitro groups is 1. The van der Waals surface area contributed by atoms with Gasteiger partial charge in [-0.2, -0.15) is 0 Å². The van der Waals surface area contributed by atoms with Crippen molar-refractivity contribution in [1.82, 2.24) is 10.3 Å². The van der Waals surface area contributed by atoms with Gasteiger partial charge in [-0.15, -0.1) is 0 Å². The van der Waals surface area contributed by atoms with Gasteiger partial charge in [0.25, 0.3) is 11.6 Å². The molecule has 3 aromatic carbocycles. The Hall–Kier alpha value is -4.00. The van der Waals surface area contributed by atoms with Gasteiger partial charge in [-0.05, 0) is 29.3 Å². The molecule has 0 aliphatic heterocycles. The normalized spacial score (nSPS) is 10.8. The van der Waals surface area contributed by atoms with Crippen LogP contribution in [0.3, 0.4) is 0 Å². The maximum absolute atomic E-state index is 13.8. The zero-order chi connectivity index (χ0) is 20.4. The van der Waals surface area contributed by atoms with Crippen molar-refractivity contribution in [3.63, 3.8) is 0 Å². The summed E-state index contributed by atoms with van der Waals surface area (Å²) < 4.78 is 13.8. The molecule has 4 aromatic rings. The summed E-state index contributed by atoms with van der Waals surface area (Å²) in [6, 6.07) is 19.6. The Balaban J connectivity index is 1.66. The van der Waals surface area contributed by atoms with E-state index in [4.69, 9.17) is 0 Å². The third-order valence-corrected chi connectivity index (χ3v) is 4.65. The number of aromatic nitrogens is 1. The second-order valence-corrected chi connectivity index (χ2v) is 6.54. The molecule has 29 heavy (non-hydrogen) atoms. The van der Waals surface area contributed by atoms with Crippen molar-refractivity contribution in [1.29, 1.82) is 0 Å². The average Bonchev–Trinajstić information content (AvgIpc) is 3.11. The first-order valence-corrected chi connectivity index (χ1v) is 8.91. The van der Waals surface area contributed by atoms with Gasteiger partial charge in [0.15, 0.2) is 0 Å². The Kier molecular flexibility index (Phi) is 4.78. The van der Waals surface area contributed by atoms with Crippen molar-refractivity contribution in [3.05, 3.63) is 100.0 Å². The summed E-state index contributed by atoms with van der Waals surface area (Å²) >= 11 is 0. The van der Waals surface area contributed by atoms with E-state index < -0.39 is 4.92 Å². The lowest BCUT2D eigenvalue weighted by Crippen LogP contribution is -2.23. The Bertz CT molecular complexity index is 1200. The average molecular weight is 389 g/mol. The molecule has 0 spiro atoms. The number of amides is 1. The van der Waals surface area contributed by atoms with E-state index in [9.17, 15) is 19.3 Å². The highest BCUT2D eigenvalue weighted by Gasteiger charge is 2.19. The number of nitrogens with one attached hydrogen (secondary N) is 2. The molecule has 2 N–H and O–H groups in total. The Morgan fingerprint density at radius 2 is 1.76 bits per heavy atom. The first-order valence-electron chi connectivity index (χ1n) is 8.91. The number of nitrogens with zero attached hydrogens (tertiary/aromatic N) is 1. The van der Waals surface area contributed by atoms with Crippen LogP contribution in [0.25, 0.3) is 22.0 Å². The van der Waals surface area contributed by atoms with Crippen LogP contribution in [0.5, 0.6) is 0 Å². The molecule has 1 aromatic heterocycles. The molecule has 0 aliphatic rings. The molecular weight excluding hydrogens is 373 g/mol. The smallest absolute Gasteiger partial charge is 0.269 e. The van der Waals surface area contributed by atoms with E-state index in [1.165, 1.54) is 24.3 Å². The molecule has 0 atom stereocenters. The number of hydrogen-bond donors (Lipinski definition) is 2. The summed E-state index contributed by atoms with van der Waals surface area (Å²) in [5.74, 6) is -0.731. The molecule has 0 radical (unpaired) electrons. The fourth-order valence-corrected chi connectivity index (χ4v) is 3.25. The van der Waals surface area contributed by atoms with Crippen LogP contribution < -0.4 is 5.32 Å². The summed E-state index contributed by atoms with van der Waals surface area (Å²) in [7, 11) is 0. The number of carbonyl (C=O) groups is 1. The van der Waals surface area contributed by atoms with E-state index in [1.807, 2.05) is 30.3 Å². The topological polar surface area (TPSA) is 88.0 Å². The predicted molar refractivity (Wildman–Crippen MR) is 108 cm³/mol. The van der Waals surface area contributed by atoms with Gasteiger partial charge in [0.1, 0.15) is 11.5 Å². The standard InChI is InChI=1S/C22H16FN3O3/c23-16-8-11-19-18(12-16)20(15-4-2-1-3-5-15)21(25-19)22(27)24-13-14-6-9-17(10-7-14)26(28)29/h1-12,25H,13H2,(H,24,27). The molecule has 1 heterocycles. The molecular formula is C22H16FN3O3. The van der Waals surface area contributed by atoms with Crippen LogP contribution >= 0.6 is 0 Å². The lowest BCUT2D eigenvalue weighted by molar-refractivity contribution is -0.384. The number of benzene rings is 3. The van der Waals surface area contributed by atoms with Gasteiger partial charge in [-0.3, -0.25) is 14.9 Å². The molecule has 144 valence electrons. The van der Waals surface area contributed by atoms with E-state index in [0.717, 1.165) is 11.1 Å². The highest BCUT2D eigenvalue weighted by molar-refractivity contribution is 6.09. The summed E-state index contributed by atoms with van der Waals surface area (Å²) in [5.41, 5.74) is 3.13. The summed E-state index contributed by atoms with van der Waals surface area (Å²) in [6.45, 7) is 0.203. The van der Waals surface area contributed by atoms with Crippen LogP contribution in [0, 0.1) is 15.9 Å². The first-order chi connectivity index (χ1) is 14.0. The molecule has 0 saturated carbocycles. The van der Waals surface area contributed by atoms with Crippen LogP contribution in [0.2, 0.25) is 0 Å². The fourth-order valence-electron chi connectivity index (χ4n) is 3.25. The van der Waals surface area contributed by atoms with E-state index in [2.05, 4.69) is 10.3 Å². The number of nitro benzene ring substituents is 1. The number of halogens is 1. The van der Waals surface area contributed by atoms with Gasteiger partial charge < -0.3 is 10.3 Å². The van der Waals surface area contributed by atoms with Crippen molar-refractivity contribution < 1.29 is 14.1 Å². The minimum absolute atomic E-state index is 0.0101. The first kappa shape index (κ1) is 18.4. The van der Waals surface area contributed by atoms with Crippen molar-refractivity contribution >= 4 is 22.5 Å². The van der Waals surface area contributed by atoms with Crippen molar-refractivity contribution in [2.45, 2.75) is 6.54 Å². The van der Waals surface area contributed by atoms with Crippen molar-refractivity contribution in [2.24, 2.45) is 0 Å². The molecule has 0 aliphatic carbocycles. The van der Waals surface area contributed by atoms with E-state index >= 15 is 0 Å². The monoisotopic (exact) mass is 389 g/mol. The van der Waals surface area contributed by atoms with Gasteiger partial charge >= 0.3 is 0 Å². The number of carbonyl (C=O) groups excluding carboxylic acids is 1. The van der Waals surface area contributed by atoms with Crippen molar-refractivity contribution in [2.75, 3.05) is 0 Å². The second kappa shape index (κ2) is 7.55. The molecule has 7 heteroatoms. The van der Waals surface area contributed by atoms with Crippen LogP contribution in [0.15, 0.2) is 72.8 Å². The Morgan fingerprint density at radius 3 is 2.45 bits per heavy atom. The Labute approximate surface area is 165 Å². The van der Waals surface area contributed by atoms with Crippen LogP contribution in [-0.4, -0.2) is 15.8 Å². The molecule has 4 rings (SSSR count). The number of H-pyrrole nitrogens is 1. The minimum Gasteiger partial charge on any atom is -0.350 e. The van der Waals surface area contributed by atoms with Gasteiger partial charge in [0.2, 0.25) is 0 Å². The molecule has 0 bridgehead atoms. The quantitative estimate of drug-likeness (QED) is 0.379. The van der Waals surface area contributed by atoms with Gasteiger partial charge in [-0.25, -0.2) is 4.39 Å². The SMILES string of the molecule is O=C(NCc1ccc([N+](=O)[O-])cc1)c1[nH]c2ccc(F)cc2c1-c1ccccc1.